The molecule has 28 heavy (non-hydrogen) atoms. The number of hydrogen-bond donors (Lipinski definition) is 2. The first kappa shape index (κ1) is 21.6. The van der Waals surface area contributed by atoms with Crippen LogP contribution in [0.25, 0.3) is 0 Å². The van der Waals surface area contributed by atoms with E-state index >= 15 is 0 Å². The van der Waals surface area contributed by atoms with Gasteiger partial charge in [-0.3, -0.25) is 14.4 Å². The van der Waals surface area contributed by atoms with E-state index in [0.29, 0.717) is 16.4 Å². The molecule has 0 fully saturated rings. The van der Waals surface area contributed by atoms with Crippen molar-refractivity contribution in [3.8, 4) is 0 Å². The van der Waals surface area contributed by atoms with E-state index in [-0.39, 0.29) is 42.8 Å². The lowest BCUT2D eigenvalue weighted by Gasteiger charge is -2.26. The maximum Gasteiger partial charge on any atom is 0.254 e. The number of hydrogen-bond acceptors (Lipinski definition) is 5. The normalized spacial score (nSPS) is 10.8. The number of amides is 3. The van der Waals surface area contributed by atoms with E-state index in [1.54, 1.807) is 29.6 Å². The molecule has 1 aromatic carbocycles. The Morgan fingerprint density at radius 3 is 2.36 bits per heavy atom. The van der Waals surface area contributed by atoms with Gasteiger partial charge in [0.15, 0.2) is 5.13 Å². The molecule has 8 heteroatoms. The summed E-state index contributed by atoms with van der Waals surface area (Å²) >= 11 is 1.25. The first-order valence-electron chi connectivity index (χ1n) is 9.16. The third-order valence-electron chi connectivity index (χ3n) is 3.81. The standard InChI is InChI=1S/C20H26N4O3S/c1-13(2)21-17(25)10-16-12-28-20(22-16)23-18(26)11-24(14(3)4)19(27)15-8-6-5-7-9-15/h5-9,12-14H,10-11H2,1-4H3,(H,21,25)(H,22,23,26). The maximum atomic E-state index is 12.7. The summed E-state index contributed by atoms with van der Waals surface area (Å²) in [5, 5.41) is 7.66. The van der Waals surface area contributed by atoms with Crippen molar-refractivity contribution in [2.75, 3.05) is 11.9 Å². The molecule has 0 aliphatic rings. The lowest BCUT2D eigenvalue weighted by atomic mass is 10.1. The number of aromatic nitrogens is 1. The highest BCUT2D eigenvalue weighted by Crippen LogP contribution is 2.16. The zero-order valence-corrected chi connectivity index (χ0v) is 17.4. The Morgan fingerprint density at radius 2 is 1.75 bits per heavy atom. The van der Waals surface area contributed by atoms with Crippen molar-refractivity contribution in [1.29, 1.82) is 0 Å². The molecule has 0 unspecified atom stereocenters. The van der Waals surface area contributed by atoms with Crippen molar-refractivity contribution in [3.63, 3.8) is 0 Å². The molecule has 0 spiro atoms. The van der Waals surface area contributed by atoms with E-state index in [1.807, 2.05) is 33.8 Å². The molecule has 3 amide bonds. The molecule has 0 saturated heterocycles. The Morgan fingerprint density at radius 1 is 1.07 bits per heavy atom. The van der Waals surface area contributed by atoms with Crippen LogP contribution in [0.15, 0.2) is 35.7 Å². The summed E-state index contributed by atoms with van der Waals surface area (Å²) in [6.07, 6.45) is 0.162. The summed E-state index contributed by atoms with van der Waals surface area (Å²) in [5.74, 6) is -0.640. The van der Waals surface area contributed by atoms with Crippen LogP contribution in [0, 0.1) is 0 Å². The highest BCUT2D eigenvalue weighted by Gasteiger charge is 2.22. The number of benzene rings is 1. The SMILES string of the molecule is CC(C)NC(=O)Cc1csc(NC(=O)CN(C(=O)c2ccccc2)C(C)C)n1. The fourth-order valence-electron chi connectivity index (χ4n) is 2.53. The molecule has 0 aliphatic heterocycles. The van der Waals surface area contributed by atoms with Crippen LogP contribution in [-0.2, 0) is 16.0 Å². The van der Waals surface area contributed by atoms with Gasteiger partial charge in [-0.05, 0) is 39.8 Å². The van der Waals surface area contributed by atoms with Gasteiger partial charge >= 0.3 is 0 Å². The van der Waals surface area contributed by atoms with Crippen LogP contribution in [0.4, 0.5) is 5.13 Å². The average molecular weight is 403 g/mol. The summed E-state index contributed by atoms with van der Waals surface area (Å²) < 4.78 is 0. The van der Waals surface area contributed by atoms with Gasteiger partial charge < -0.3 is 15.5 Å². The minimum absolute atomic E-state index is 0.0643. The zero-order valence-electron chi connectivity index (χ0n) is 16.6. The summed E-state index contributed by atoms with van der Waals surface area (Å²) in [6, 6.07) is 8.80. The van der Waals surface area contributed by atoms with Crippen molar-refractivity contribution in [3.05, 3.63) is 47.0 Å². The predicted octanol–water partition coefficient (Wildman–Crippen LogP) is 2.70. The lowest BCUT2D eigenvalue weighted by molar-refractivity contribution is -0.121. The van der Waals surface area contributed by atoms with Crippen LogP contribution in [0.3, 0.4) is 0 Å². The Labute approximate surface area is 169 Å². The second-order valence-corrected chi connectivity index (χ2v) is 7.84. The van der Waals surface area contributed by atoms with Gasteiger partial charge in [-0.1, -0.05) is 18.2 Å². The molecule has 1 heterocycles. The minimum Gasteiger partial charge on any atom is -0.354 e. The van der Waals surface area contributed by atoms with E-state index in [1.165, 1.54) is 16.2 Å². The topological polar surface area (TPSA) is 91.4 Å². The minimum atomic E-state index is -0.328. The van der Waals surface area contributed by atoms with E-state index in [0.717, 1.165) is 0 Å². The Balaban J connectivity index is 1.96. The molecule has 0 radical (unpaired) electrons. The van der Waals surface area contributed by atoms with Crippen molar-refractivity contribution < 1.29 is 14.4 Å². The van der Waals surface area contributed by atoms with Crippen LogP contribution >= 0.6 is 11.3 Å². The molecule has 0 aliphatic carbocycles. The Bertz CT molecular complexity index is 818. The van der Waals surface area contributed by atoms with E-state index in [2.05, 4.69) is 15.6 Å². The molecule has 0 bridgehead atoms. The van der Waals surface area contributed by atoms with Crippen molar-refractivity contribution in [2.24, 2.45) is 0 Å². The number of nitrogens with zero attached hydrogens (tertiary/aromatic N) is 2. The van der Waals surface area contributed by atoms with Gasteiger partial charge in [0, 0.05) is 23.0 Å². The number of nitrogens with one attached hydrogen (secondary N) is 2. The van der Waals surface area contributed by atoms with Crippen LogP contribution in [-0.4, -0.2) is 46.2 Å². The van der Waals surface area contributed by atoms with E-state index in [4.69, 9.17) is 0 Å². The number of thiazole rings is 1. The molecule has 7 nitrogen and oxygen atoms in total. The first-order chi connectivity index (χ1) is 13.3. The average Bonchev–Trinajstić information content (AvgIpc) is 3.05. The number of rotatable bonds is 8. The number of carbonyl (C=O) groups excluding carboxylic acids is 3. The highest BCUT2D eigenvalue weighted by atomic mass is 32.1. The summed E-state index contributed by atoms with van der Waals surface area (Å²) in [5.41, 5.74) is 1.14. The second kappa shape index (κ2) is 9.98. The monoisotopic (exact) mass is 402 g/mol. The van der Waals surface area contributed by atoms with Crippen LogP contribution < -0.4 is 10.6 Å². The third kappa shape index (κ3) is 6.45. The van der Waals surface area contributed by atoms with Gasteiger partial charge in [-0.2, -0.15) is 0 Å². The summed E-state index contributed by atoms with van der Waals surface area (Å²) in [7, 11) is 0. The zero-order chi connectivity index (χ0) is 20.7. The molecule has 2 aromatic rings. The molecule has 2 N–H and O–H groups in total. The molecule has 1 aromatic heterocycles. The van der Waals surface area contributed by atoms with Gasteiger partial charge in [0.25, 0.3) is 5.91 Å². The largest absolute Gasteiger partial charge is 0.354 e. The Kier molecular flexibility index (Phi) is 7.69. The smallest absolute Gasteiger partial charge is 0.254 e. The third-order valence-corrected chi connectivity index (χ3v) is 4.61. The van der Waals surface area contributed by atoms with E-state index in [9.17, 15) is 14.4 Å². The number of carbonyl (C=O) groups is 3. The lowest BCUT2D eigenvalue weighted by Crippen LogP contribution is -2.42. The quantitative estimate of drug-likeness (QED) is 0.710. The molecular weight excluding hydrogens is 376 g/mol. The van der Waals surface area contributed by atoms with Gasteiger partial charge in [0.1, 0.15) is 6.54 Å². The van der Waals surface area contributed by atoms with Crippen molar-refractivity contribution in [2.45, 2.75) is 46.2 Å². The molecular formula is C20H26N4O3S. The summed E-state index contributed by atoms with van der Waals surface area (Å²) in [4.78, 5) is 42.7. The van der Waals surface area contributed by atoms with Gasteiger partial charge in [0.2, 0.25) is 11.8 Å². The van der Waals surface area contributed by atoms with Crippen LogP contribution in [0.2, 0.25) is 0 Å². The maximum absolute atomic E-state index is 12.7. The first-order valence-corrected chi connectivity index (χ1v) is 10.0. The molecule has 2 rings (SSSR count). The van der Waals surface area contributed by atoms with Gasteiger partial charge in [0.05, 0.1) is 12.1 Å². The second-order valence-electron chi connectivity index (χ2n) is 6.98. The fourth-order valence-corrected chi connectivity index (χ4v) is 3.26. The molecule has 0 saturated carbocycles. The molecule has 0 atom stereocenters. The highest BCUT2D eigenvalue weighted by molar-refractivity contribution is 7.13. The van der Waals surface area contributed by atoms with Crippen LogP contribution in [0.5, 0.6) is 0 Å². The van der Waals surface area contributed by atoms with Crippen molar-refractivity contribution >= 4 is 34.2 Å². The van der Waals surface area contributed by atoms with Gasteiger partial charge in [-0.15, -0.1) is 11.3 Å². The van der Waals surface area contributed by atoms with Gasteiger partial charge in [-0.25, -0.2) is 4.98 Å². The summed E-state index contributed by atoms with van der Waals surface area (Å²) in [6.45, 7) is 7.43. The molecule has 150 valence electrons. The number of anilines is 1. The Hall–Kier alpha value is -2.74. The fraction of sp³-hybridized carbons (Fsp3) is 0.400. The predicted molar refractivity (Wildman–Crippen MR) is 110 cm³/mol. The van der Waals surface area contributed by atoms with E-state index < -0.39 is 0 Å². The van der Waals surface area contributed by atoms with Crippen molar-refractivity contribution in [1.82, 2.24) is 15.2 Å². The van der Waals surface area contributed by atoms with Crippen LogP contribution in [0.1, 0.15) is 43.7 Å².